The van der Waals surface area contributed by atoms with Gasteiger partial charge in [0.25, 0.3) is 5.69 Å². The largest absolute Gasteiger partial charge is 0.398 e. The van der Waals surface area contributed by atoms with E-state index in [9.17, 15) is 10.1 Å². The van der Waals surface area contributed by atoms with Gasteiger partial charge in [-0.15, -0.1) is 0 Å². The second-order valence-electron chi connectivity index (χ2n) is 2.87. The van der Waals surface area contributed by atoms with Gasteiger partial charge in [0.05, 0.1) is 10.6 Å². The van der Waals surface area contributed by atoms with Crippen molar-refractivity contribution in [1.82, 2.24) is 15.2 Å². The summed E-state index contributed by atoms with van der Waals surface area (Å²) in [6.07, 6.45) is 1.38. The normalized spacial score (nSPS) is 10.2. The van der Waals surface area contributed by atoms with Gasteiger partial charge in [-0.2, -0.15) is 5.10 Å². The van der Waals surface area contributed by atoms with Crippen molar-refractivity contribution < 1.29 is 4.92 Å². The summed E-state index contributed by atoms with van der Waals surface area (Å²) in [6, 6.07) is 4.30. The maximum absolute atomic E-state index is 10.5. The molecule has 0 saturated carbocycles. The van der Waals surface area contributed by atoms with Crippen LogP contribution < -0.4 is 5.73 Å². The van der Waals surface area contributed by atoms with Crippen LogP contribution in [0.25, 0.3) is 0 Å². The molecule has 1 heterocycles. The minimum absolute atomic E-state index is 0.0283. The SMILES string of the molecule is Nc1cc([N+](=O)[O-])ccc1Sc1ncn[nH]1. The van der Waals surface area contributed by atoms with Crippen molar-refractivity contribution >= 4 is 23.1 Å². The van der Waals surface area contributed by atoms with Crippen molar-refractivity contribution in [2.75, 3.05) is 5.73 Å². The van der Waals surface area contributed by atoms with Crippen molar-refractivity contribution in [1.29, 1.82) is 0 Å². The third-order valence-electron chi connectivity index (χ3n) is 1.80. The van der Waals surface area contributed by atoms with Gasteiger partial charge in [-0.3, -0.25) is 15.2 Å². The molecule has 0 spiro atoms. The predicted molar refractivity (Wildman–Crippen MR) is 58.0 cm³/mol. The maximum Gasteiger partial charge on any atom is 0.271 e. The topological polar surface area (TPSA) is 111 Å². The Morgan fingerprint density at radius 1 is 1.50 bits per heavy atom. The van der Waals surface area contributed by atoms with Gasteiger partial charge in [-0.05, 0) is 17.8 Å². The predicted octanol–water partition coefficient (Wildman–Crippen LogP) is 1.45. The number of nitrogen functional groups attached to an aromatic ring is 1. The van der Waals surface area contributed by atoms with Crippen LogP contribution in [0.2, 0.25) is 0 Å². The molecule has 0 aliphatic rings. The van der Waals surface area contributed by atoms with Crippen LogP contribution in [0, 0.1) is 10.1 Å². The number of hydrogen-bond acceptors (Lipinski definition) is 6. The van der Waals surface area contributed by atoms with Crippen LogP contribution in [0.4, 0.5) is 11.4 Å². The first-order valence-corrected chi connectivity index (χ1v) is 5.05. The van der Waals surface area contributed by atoms with E-state index in [1.165, 1.54) is 30.2 Å². The molecule has 1 aromatic heterocycles. The minimum Gasteiger partial charge on any atom is -0.398 e. The number of non-ortho nitro benzene ring substituents is 1. The third-order valence-corrected chi connectivity index (χ3v) is 2.79. The molecule has 0 atom stereocenters. The van der Waals surface area contributed by atoms with Crippen LogP contribution in [0.15, 0.2) is 34.6 Å². The first-order chi connectivity index (χ1) is 7.66. The summed E-state index contributed by atoms with van der Waals surface area (Å²) in [4.78, 5) is 14.6. The Labute approximate surface area is 94.2 Å². The van der Waals surface area contributed by atoms with E-state index in [0.29, 0.717) is 15.7 Å². The highest BCUT2D eigenvalue weighted by molar-refractivity contribution is 7.99. The lowest BCUT2D eigenvalue weighted by Crippen LogP contribution is -1.93. The third kappa shape index (κ3) is 2.11. The number of hydrogen-bond donors (Lipinski definition) is 2. The van der Waals surface area contributed by atoms with E-state index < -0.39 is 4.92 Å². The number of aromatic nitrogens is 3. The van der Waals surface area contributed by atoms with Crippen LogP contribution in [-0.4, -0.2) is 20.1 Å². The van der Waals surface area contributed by atoms with Gasteiger partial charge in [0, 0.05) is 17.0 Å². The number of nitro groups is 1. The number of nitrogens with zero attached hydrogens (tertiary/aromatic N) is 3. The second-order valence-corrected chi connectivity index (χ2v) is 3.90. The molecule has 0 saturated heterocycles. The smallest absolute Gasteiger partial charge is 0.271 e. The lowest BCUT2D eigenvalue weighted by atomic mass is 10.3. The average molecular weight is 237 g/mol. The summed E-state index contributed by atoms with van der Waals surface area (Å²) in [5.41, 5.74) is 6.00. The number of nitrogens with two attached hydrogens (primary N) is 1. The molecule has 0 bridgehead atoms. The van der Waals surface area contributed by atoms with Crippen LogP contribution in [0.3, 0.4) is 0 Å². The highest BCUT2D eigenvalue weighted by Gasteiger charge is 2.10. The number of nitrogens with one attached hydrogen (secondary N) is 1. The fourth-order valence-electron chi connectivity index (χ4n) is 1.09. The molecule has 1 aromatic carbocycles. The standard InChI is InChI=1S/C8H7N5O2S/c9-6-3-5(13(14)15)1-2-7(6)16-8-10-4-11-12-8/h1-4H,9H2,(H,10,11,12). The highest BCUT2D eigenvalue weighted by Crippen LogP contribution is 2.31. The number of anilines is 1. The van der Waals surface area contributed by atoms with Crippen molar-refractivity contribution in [2.45, 2.75) is 10.1 Å². The van der Waals surface area contributed by atoms with Crippen LogP contribution in [0.1, 0.15) is 0 Å². The molecule has 0 aliphatic heterocycles. The van der Waals surface area contributed by atoms with E-state index in [1.54, 1.807) is 6.07 Å². The van der Waals surface area contributed by atoms with Gasteiger partial charge in [-0.1, -0.05) is 0 Å². The number of H-pyrrole nitrogens is 1. The molecule has 16 heavy (non-hydrogen) atoms. The summed E-state index contributed by atoms with van der Waals surface area (Å²) < 4.78 is 0. The monoisotopic (exact) mass is 237 g/mol. The van der Waals surface area contributed by atoms with Crippen molar-refractivity contribution in [3.8, 4) is 0 Å². The second kappa shape index (κ2) is 4.19. The van der Waals surface area contributed by atoms with E-state index in [4.69, 9.17) is 5.73 Å². The van der Waals surface area contributed by atoms with Gasteiger partial charge in [0.1, 0.15) is 6.33 Å². The molecule has 7 nitrogen and oxygen atoms in total. The van der Waals surface area contributed by atoms with Crippen LogP contribution in [-0.2, 0) is 0 Å². The first-order valence-electron chi connectivity index (χ1n) is 4.24. The molecule has 8 heteroatoms. The summed E-state index contributed by atoms with van der Waals surface area (Å²) in [7, 11) is 0. The van der Waals surface area contributed by atoms with Gasteiger partial charge in [0.15, 0.2) is 5.16 Å². The van der Waals surface area contributed by atoms with Crippen LogP contribution >= 0.6 is 11.8 Å². The van der Waals surface area contributed by atoms with Gasteiger partial charge in [0.2, 0.25) is 0 Å². The molecule has 3 N–H and O–H groups in total. The molecule has 0 fully saturated rings. The molecule has 0 unspecified atom stereocenters. The Hall–Kier alpha value is -2.09. The molecule has 0 aliphatic carbocycles. The van der Waals surface area contributed by atoms with Gasteiger partial charge in [-0.25, -0.2) is 4.98 Å². The van der Waals surface area contributed by atoms with Crippen molar-refractivity contribution in [2.24, 2.45) is 0 Å². The Morgan fingerprint density at radius 3 is 2.88 bits per heavy atom. The van der Waals surface area contributed by atoms with Crippen molar-refractivity contribution in [3.05, 3.63) is 34.6 Å². The Balaban J connectivity index is 2.26. The fraction of sp³-hybridized carbons (Fsp3) is 0. The Bertz CT molecular complexity index is 513. The maximum atomic E-state index is 10.5. The minimum atomic E-state index is -0.487. The molecule has 2 rings (SSSR count). The number of benzene rings is 1. The van der Waals surface area contributed by atoms with E-state index in [1.807, 2.05) is 0 Å². The van der Waals surface area contributed by atoms with E-state index >= 15 is 0 Å². The molecule has 2 aromatic rings. The number of rotatable bonds is 3. The zero-order chi connectivity index (χ0) is 11.5. The number of nitro benzene ring substituents is 1. The Morgan fingerprint density at radius 2 is 2.31 bits per heavy atom. The summed E-state index contributed by atoms with van der Waals surface area (Å²) in [5.74, 6) is 0. The molecular weight excluding hydrogens is 230 g/mol. The lowest BCUT2D eigenvalue weighted by Gasteiger charge is -2.01. The lowest BCUT2D eigenvalue weighted by molar-refractivity contribution is -0.384. The van der Waals surface area contributed by atoms with E-state index in [-0.39, 0.29) is 5.69 Å². The first kappa shape index (κ1) is 10.4. The molecule has 82 valence electrons. The quantitative estimate of drug-likeness (QED) is 0.474. The zero-order valence-electron chi connectivity index (χ0n) is 7.95. The van der Waals surface area contributed by atoms with E-state index in [0.717, 1.165) is 0 Å². The molecule has 0 amide bonds. The summed E-state index contributed by atoms with van der Waals surface area (Å²) in [5, 5.41) is 17.4. The highest BCUT2D eigenvalue weighted by atomic mass is 32.2. The average Bonchev–Trinajstić information content (AvgIpc) is 2.73. The summed E-state index contributed by atoms with van der Waals surface area (Å²) in [6.45, 7) is 0. The molecule has 0 radical (unpaired) electrons. The zero-order valence-corrected chi connectivity index (χ0v) is 8.77. The van der Waals surface area contributed by atoms with Crippen LogP contribution in [0.5, 0.6) is 0 Å². The van der Waals surface area contributed by atoms with E-state index in [2.05, 4.69) is 15.2 Å². The number of aromatic amines is 1. The molecular formula is C8H7N5O2S. The summed E-state index contributed by atoms with van der Waals surface area (Å²) >= 11 is 1.26. The fourth-order valence-corrected chi connectivity index (χ4v) is 1.81. The Kier molecular flexibility index (Phi) is 2.73. The van der Waals surface area contributed by atoms with Gasteiger partial charge < -0.3 is 5.73 Å². The van der Waals surface area contributed by atoms with Gasteiger partial charge >= 0.3 is 0 Å². The van der Waals surface area contributed by atoms with Crippen molar-refractivity contribution in [3.63, 3.8) is 0 Å².